The highest BCUT2D eigenvalue weighted by Gasteiger charge is 2.21. The van der Waals surface area contributed by atoms with Crippen LogP contribution in [0.4, 0.5) is 11.4 Å². The normalized spacial score (nSPS) is 11.0. The molecule has 0 unspecified atom stereocenters. The molecule has 0 radical (unpaired) electrons. The lowest BCUT2D eigenvalue weighted by Crippen LogP contribution is -2.26. The maximum Gasteiger partial charge on any atom is 0.264 e. The zero-order valence-corrected chi connectivity index (χ0v) is 18.9. The zero-order valence-electron chi connectivity index (χ0n) is 16.5. The number of nitrogens with zero attached hydrogens (tertiary/aromatic N) is 1. The molecule has 3 aromatic rings. The Labute approximate surface area is 184 Å². The van der Waals surface area contributed by atoms with Crippen LogP contribution in [0.1, 0.15) is 17.3 Å². The maximum atomic E-state index is 12.8. The summed E-state index contributed by atoms with van der Waals surface area (Å²) in [6.45, 7) is 2.41. The van der Waals surface area contributed by atoms with Crippen LogP contribution in [0.2, 0.25) is 0 Å². The molecule has 0 saturated carbocycles. The first kappa shape index (κ1) is 21.9. The predicted molar refractivity (Wildman–Crippen MR) is 122 cm³/mol. The van der Waals surface area contributed by atoms with Crippen molar-refractivity contribution in [3.63, 3.8) is 0 Å². The molecule has 0 bridgehead atoms. The quantitative estimate of drug-likeness (QED) is 0.511. The third kappa shape index (κ3) is 4.83. The van der Waals surface area contributed by atoms with Gasteiger partial charge < -0.3 is 10.1 Å². The van der Waals surface area contributed by atoms with Crippen molar-refractivity contribution in [2.24, 2.45) is 0 Å². The van der Waals surface area contributed by atoms with E-state index in [2.05, 4.69) is 21.2 Å². The van der Waals surface area contributed by atoms with E-state index >= 15 is 0 Å². The third-order valence-corrected chi connectivity index (χ3v) is 6.80. The first-order valence-electron chi connectivity index (χ1n) is 9.20. The number of carbonyl (C=O) groups is 1. The number of rotatable bonds is 7. The second kappa shape index (κ2) is 9.32. The first-order chi connectivity index (χ1) is 14.3. The average Bonchev–Trinajstić information content (AvgIpc) is 2.75. The molecule has 0 aromatic heterocycles. The number of anilines is 2. The summed E-state index contributed by atoms with van der Waals surface area (Å²) in [4.78, 5) is 12.6. The van der Waals surface area contributed by atoms with Gasteiger partial charge in [-0.05, 0) is 77.5 Å². The Hall–Kier alpha value is -2.84. The van der Waals surface area contributed by atoms with E-state index in [-0.39, 0.29) is 10.8 Å². The summed E-state index contributed by atoms with van der Waals surface area (Å²) < 4.78 is 33.0. The van der Waals surface area contributed by atoms with Gasteiger partial charge >= 0.3 is 0 Å². The fraction of sp³-hybridized carbons (Fsp3) is 0.136. The minimum atomic E-state index is -3.70. The van der Waals surface area contributed by atoms with Crippen LogP contribution in [0.15, 0.2) is 82.2 Å². The number of sulfonamides is 1. The molecule has 0 saturated heterocycles. The fourth-order valence-electron chi connectivity index (χ4n) is 2.76. The van der Waals surface area contributed by atoms with E-state index in [0.29, 0.717) is 33.8 Å². The second-order valence-electron chi connectivity index (χ2n) is 6.36. The highest BCUT2D eigenvalue weighted by Crippen LogP contribution is 2.27. The molecule has 8 heteroatoms. The predicted octanol–water partition coefficient (Wildman–Crippen LogP) is 4.93. The molecular weight excluding hydrogens is 468 g/mol. The van der Waals surface area contributed by atoms with E-state index in [1.54, 1.807) is 54.6 Å². The molecule has 6 nitrogen and oxygen atoms in total. The van der Waals surface area contributed by atoms with Crippen LogP contribution in [0.5, 0.6) is 5.75 Å². The summed E-state index contributed by atoms with van der Waals surface area (Å²) in [5, 5.41) is 2.77. The minimum absolute atomic E-state index is 0.135. The maximum absolute atomic E-state index is 12.8. The van der Waals surface area contributed by atoms with Gasteiger partial charge in [0.2, 0.25) is 0 Å². The number of halogens is 1. The smallest absolute Gasteiger partial charge is 0.264 e. The summed E-state index contributed by atoms with van der Waals surface area (Å²) in [6.07, 6.45) is 0. The number of ether oxygens (including phenoxy) is 1. The van der Waals surface area contributed by atoms with Crippen molar-refractivity contribution in [3.8, 4) is 5.75 Å². The fourth-order valence-corrected chi connectivity index (χ4v) is 4.45. The number of amides is 1. The minimum Gasteiger partial charge on any atom is -0.493 e. The van der Waals surface area contributed by atoms with Gasteiger partial charge in [0.15, 0.2) is 0 Å². The summed E-state index contributed by atoms with van der Waals surface area (Å²) in [5.74, 6) is 0.349. The molecule has 1 amide bonds. The summed E-state index contributed by atoms with van der Waals surface area (Å²) >= 11 is 3.39. The van der Waals surface area contributed by atoms with Crippen molar-refractivity contribution in [1.82, 2.24) is 0 Å². The highest BCUT2D eigenvalue weighted by molar-refractivity contribution is 9.10. The van der Waals surface area contributed by atoms with Crippen molar-refractivity contribution >= 4 is 43.2 Å². The van der Waals surface area contributed by atoms with E-state index in [1.165, 1.54) is 23.5 Å². The number of hydrogen-bond donors (Lipinski definition) is 1. The Morgan fingerprint density at radius 2 is 1.70 bits per heavy atom. The van der Waals surface area contributed by atoms with Crippen LogP contribution in [-0.2, 0) is 10.0 Å². The SMILES string of the molecule is CCOc1ccc(C(=O)Nc2ccc(S(=O)(=O)N(C)c3ccccc3)cc2)cc1Br. The standard InChI is InChI=1S/C22H21BrN2O4S/c1-3-29-21-14-9-16(15-20(21)23)22(26)24-17-10-12-19(13-11-17)30(27,28)25(2)18-7-5-4-6-8-18/h4-15H,3H2,1-2H3,(H,24,26). The molecule has 0 aliphatic carbocycles. The largest absolute Gasteiger partial charge is 0.493 e. The van der Waals surface area contributed by atoms with Crippen molar-refractivity contribution in [3.05, 3.63) is 82.8 Å². The van der Waals surface area contributed by atoms with E-state index in [0.717, 1.165) is 0 Å². The molecule has 0 atom stereocenters. The molecule has 0 fully saturated rings. The molecule has 0 heterocycles. The van der Waals surface area contributed by atoms with Crippen LogP contribution in [-0.4, -0.2) is 28.0 Å². The van der Waals surface area contributed by atoms with Crippen molar-refractivity contribution in [2.75, 3.05) is 23.3 Å². The Bertz CT molecular complexity index is 1130. The van der Waals surface area contributed by atoms with Gasteiger partial charge in [0.25, 0.3) is 15.9 Å². The van der Waals surface area contributed by atoms with Crippen LogP contribution in [0.25, 0.3) is 0 Å². The van der Waals surface area contributed by atoms with E-state index < -0.39 is 10.0 Å². The van der Waals surface area contributed by atoms with Crippen molar-refractivity contribution in [2.45, 2.75) is 11.8 Å². The lowest BCUT2D eigenvalue weighted by Gasteiger charge is -2.19. The van der Waals surface area contributed by atoms with Gasteiger partial charge in [-0.1, -0.05) is 18.2 Å². The molecule has 1 N–H and O–H groups in total. The molecule has 0 aliphatic rings. The summed E-state index contributed by atoms with van der Waals surface area (Å²) in [6, 6.07) is 20.0. The van der Waals surface area contributed by atoms with Gasteiger partial charge in [-0.2, -0.15) is 0 Å². The van der Waals surface area contributed by atoms with E-state index in [9.17, 15) is 13.2 Å². The lowest BCUT2D eigenvalue weighted by atomic mass is 10.2. The van der Waals surface area contributed by atoms with Crippen LogP contribution >= 0.6 is 15.9 Å². The Balaban J connectivity index is 1.74. The van der Waals surface area contributed by atoms with Gasteiger partial charge in [-0.25, -0.2) is 8.42 Å². The number of hydrogen-bond acceptors (Lipinski definition) is 4. The van der Waals surface area contributed by atoms with Crippen LogP contribution in [0.3, 0.4) is 0 Å². The molecule has 3 aromatic carbocycles. The molecule has 3 rings (SSSR count). The average molecular weight is 489 g/mol. The van der Waals surface area contributed by atoms with Gasteiger partial charge in [-0.3, -0.25) is 9.10 Å². The number of para-hydroxylation sites is 1. The molecular formula is C22H21BrN2O4S. The Kier molecular flexibility index (Phi) is 6.79. The monoisotopic (exact) mass is 488 g/mol. The first-order valence-corrected chi connectivity index (χ1v) is 11.4. The molecule has 0 spiro atoms. The van der Waals surface area contributed by atoms with Gasteiger partial charge in [-0.15, -0.1) is 0 Å². The lowest BCUT2D eigenvalue weighted by molar-refractivity contribution is 0.102. The second-order valence-corrected chi connectivity index (χ2v) is 9.19. The summed E-state index contributed by atoms with van der Waals surface area (Å²) in [5.41, 5.74) is 1.51. The van der Waals surface area contributed by atoms with Crippen molar-refractivity contribution < 1.29 is 17.9 Å². The number of carbonyl (C=O) groups excluding carboxylic acids is 1. The molecule has 30 heavy (non-hydrogen) atoms. The number of nitrogens with one attached hydrogen (secondary N) is 1. The number of benzene rings is 3. The highest BCUT2D eigenvalue weighted by atomic mass is 79.9. The van der Waals surface area contributed by atoms with Crippen molar-refractivity contribution in [1.29, 1.82) is 0 Å². The zero-order chi connectivity index (χ0) is 21.7. The Morgan fingerprint density at radius 1 is 1.03 bits per heavy atom. The topological polar surface area (TPSA) is 75.7 Å². The molecule has 0 aliphatic heterocycles. The van der Waals surface area contributed by atoms with Gasteiger partial charge in [0.05, 0.1) is 21.7 Å². The van der Waals surface area contributed by atoms with Crippen LogP contribution < -0.4 is 14.4 Å². The summed E-state index contributed by atoms with van der Waals surface area (Å²) in [7, 11) is -2.20. The van der Waals surface area contributed by atoms with E-state index in [1.807, 2.05) is 13.0 Å². The Morgan fingerprint density at radius 3 is 2.30 bits per heavy atom. The van der Waals surface area contributed by atoms with Crippen LogP contribution in [0, 0.1) is 0 Å². The van der Waals surface area contributed by atoms with Gasteiger partial charge in [0, 0.05) is 18.3 Å². The van der Waals surface area contributed by atoms with E-state index in [4.69, 9.17) is 4.74 Å². The third-order valence-electron chi connectivity index (χ3n) is 4.38. The molecule has 156 valence electrons. The van der Waals surface area contributed by atoms with Gasteiger partial charge in [0.1, 0.15) is 5.75 Å².